The van der Waals surface area contributed by atoms with Crippen molar-refractivity contribution in [3.05, 3.63) is 48.5 Å². The van der Waals surface area contributed by atoms with Gasteiger partial charge in [0.2, 0.25) is 26.6 Å². The molecule has 1 aliphatic heterocycles. The number of anilines is 1. The molecule has 0 N–H and O–H groups in total. The topological polar surface area (TPSA) is 91.1 Å². The highest BCUT2D eigenvalue weighted by Crippen LogP contribution is 2.35. The maximum atomic E-state index is 13.5. The minimum Gasteiger partial charge on any atom is -0.497 e. The lowest BCUT2D eigenvalue weighted by Crippen LogP contribution is -2.36. The van der Waals surface area contributed by atoms with Gasteiger partial charge in [-0.25, -0.2) is 8.42 Å². The molecule has 1 aliphatic rings. The van der Waals surface area contributed by atoms with Crippen LogP contribution < -0.4 is 14.4 Å². The highest BCUT2D eigenvalue weighted by atomic mass is 32.2. The molecular formula is C22H24N2O6S. The number of morpholine rings is 1. The zero-order valence-corrected chi connectivity index (χ0v) is 18.2. The van der Waals surface area contributed by atoms with Gasteiger partial charge in [-0.05, 0) is 55.5 Å². The average Bonchev–Trinajstić information content (AvgIpc) is 3.27. The smallest absolute Gasteiger partial charge is 0.236 e. The highest BCUT2D eigenvalue weighted by molar-refractivity contribution is 7.91. The van der Waals surface area contributed by atoms with Crippen LogP contribution in [0.3, 0.4) is 0 Å². The van der Waals surface area contributed by atoms with Crippen molar-refractivity contribution >= 4 is 15.7 Å². The van der Waals surface area contributed by atoms with Crippen molar-refractivity contribution in [2.45, 2.75) is 16.8 Å². The number of hydrogen-bond acceptors (Lipinski definition) is 8. The third-order valence-corrected chi connectivity index (χ3v) is 6.58. The van der Waals surface area contributed by atoms with Crippen molar-refractivity contribution < 1.29 is 27.0 Å². The molecule has 1 saturated heterocycles. The highest BCUT2D eigenvalue weighted by Gasteiger charge is 2.32. The number of oxazole rings is 1. The van der Waals surface area contributed by atoms with Crippen LogP contribution in [0.15, 0.2) is 62.9 Å². The maximum absolute atomic E-state index is 13.5. The number of benzene rings is 2. The Hall–Kier alpha value is -3.04. The van der Waals surface area contributed by atoms with Crippen molar-refractivity contribution in [1.29, 1.82) is 0 Å². The lowest BCUT2D eigenvalue weighted by atomic mass is 10.2. The Balaban J connectivity index is 1.77. The molecule has 1 fully saturated rings. The van der Waals surface area contributed by atoms with E-state index in [2.05, 4.69) is 4.98 Å². The summed E-state index contributed by atoms with van der Waals surface area (Å²) in [5, 5.41) is -0.107. The summed E-state index contributed by atoms with van der Waals surface area (Å²) in [6.45, 7) is 4.38. The van der Waals surface area contributed by atoms with Crippen molar-refractivity contribution in [3.8, 4) is 23.0 Å². The van der Waals surface area contributed by atoms with Gasteiger partial charge >= 0.3 is 0 Å². The van der Waals surface area contributed by atoms with E-state index in [1.165, 1.54) is 12.1 Å². The molecule has 1 aromatic heterocycles. The molecule has 9 heteroatoms. The van der Waals surface area contributed by atoms with Crippen LogP contribution >= 0.6 is 0 Å². The van der Waals surface area contributed by atoms with Crippen LogP contribution in [0.2, 0.25) is 0 Å². The van der Waals surface area contributed by atoms with E-state index in [1.54, 1.807) is 43.5 Å². The van der Waals surface area contributed by atoms with E-state index in [9.17, 15) is 8.42 Å². The van der Waals surface area contributed by atoms with Crippen molar-refractivity contribution in [2.75, 3.05) is 44.9 Å². The average molecular weight is 445 g/mol. The summed E-state index contributed by atoms with van der Waals surface area (Å²) in [7, 11) is -2.34. The number of aromatic nitrogens is 1. The number of hydrogen-bond donors (Lipinski definition) is 0. The molecule has 0 saturated carbocycles. The zero-order valence-electron chi connectivity index (χ0n) is 17.4. The number of ether oxygens (including phenoxy) is 3. The molecule has 0 spiro atoms. The molecule has 0 amide bonds. The van der Waals surface area contributed by atoms with Crippen LogP contribution in [0.5, 0.6) is 11.5 Å². The largest absolute Gasteiger partial charge is 0.497 e. The van der Waals surface area contributed by atoms with Crippen LogP contribution in [-0.2, 0) is 14.6 Å². The first-order valence-corrected chi connectivity index (χ1v) is 11.5. The Labute approximate surface area is 181 Å². The third-order valence-electron chi connectivity index (χ3n) is 4.91. The molecule has 0 bridgehead atoms. The van der Waals surface area contributed by atoms with Crippen LogP contribution in [0, 0.1) is 0 Å². The van der Waals surface area contributed by atoms with Crippen LogP contribution in [-0.4, -0.2) is 53.4 Å². The fraction of sp³-hybridized carbons (Fsp3) is 0.318. The van der Waals surface area contributed by atoms with Crippen molar-refractivity contribution in [1.82, 2.24) is 4.98 Å². The van der Waals surface area contributed by atoms with E-state index in [-0.39, 0.29) is 21.7 Å². The lowest BCUT2D eigenvalue weighted by Gasteiger charge is -2.26. The zero-order chi connectivity index (χ0) is 21.8. The minimum atomic E-state index is -3.92. The Morgan fingerprint density at radius 2 is 1.65 bits per heavy atom. The predicted molar refractivity (Wildman–Crippen MR) is 115 cm³/mol. The van der Waals surface area contributed by atoms with Crippen LogP contribution in [0.25, 0.3) is 11.5 Å². The standard InChI is InChI=1S/C22H24N2O6S/c1-3-29-18-8-10-19(11-9-18)31(25,26)21-22(24-12-14-28-15-13-24)30-20(23-21)16-4-6-17(27-2)7-5-16/h4-11H,3,12-15H2,1-2H3. The summed E-state index contributed by atoms with van der Waals surface area (Å²) >= 11 is 0. The van der Waals surface area contributed by atoms with Crippen LogP contribution in [0.1, 0.15) is 6.92 Å². The second-order valence-corrected chi connectivity index (χ2v) is 8.73. The molecule has 0 unspecified atom stereocenters. The van der Waals surface area contributed by atoms with Gasteiger partial charge in [-0.2, -0.15) is 4.98 Å². The third kappa shape index (κ3) is 4.38. The molecule has 0 radical (unpaired) electrons. The molecule has 31 heavy (non-hydrogen) atoms. The predicted octanol–water partition coefficient (Wildman–Crippen LogP) is 3.42. The van der Waals surface area contributed by atoms with Gasteiger partial charge in [0, 0.05) is 18.7 Å². The number of nitrogens with zero attached hydrogens (tertiary/aromatic N) is 2. The van der Waals surface area contributed by atoms with Gasteiger partial charge in [0.1, 0.15) is 11.5 Å². The minimum absolute atomic E-state index is 0.107. The number of methoxy groups -OCH3 is 1. The summed E-state index contributed by atoms with van der Waals surface area (Å²) in [5.74, 6) is 1.75. The van der Waals surface area contributed by atoms with Gasteiger partial charge in [0.05, 0.1) is 31.8 Å². The van der Waals surface area contributed by atoms with E-state index in [0.717, 1.165) is 0 Å². The normalized spacial score (nSPS) is 14.5. The maximum Gasteiger partial charge on any atom is 0.236 e. The summed E-state index contributed by atoms with van der Waals surface area (Å²) in [6, 6.07) is 13.4. The van der Waals surface area contributed by atoms with E-state index < -0.39 is 9.84 Å². The first-order chi connectivity index (χ1) is 15.0. The molecule has 0 aliphatic carbocycles. The number of rotatable bonds is 7. The van der Waals surface area contributed by atoms with E-state index in [1.807, 2.05) is 11.8 Å². The van der Waals surface area contributed by atoms with Crippen LogP contribution in [0.4, 0.5) is 5.88 Å². The molecule has 2 heterocycles. The fourth-order valence-electron chi connectivity index (χ4n) is 3.29. The number of sulfone groups is 1. The van der Waals surface area contributed by atoms with Gasteiger partial charge in [0.15, 0.2) is 0 Å². The van der Waals surface area contributed by atoms with Gasteiger partial charge < -0.3 is 23.5 Å². The summed E-state index contributed by atoms with van der Waals surface area (Å²) < 4.78 is 48.9. The molecular weight excluding hydrogens is 420 g/mol. The first kappa shape index (κ1) is 21.2. The molecule has 0 atom stereocenters. The second kappa shape index (κ2) is 8.99. The van der Waals surface area contributed by atoms with Crippen molar-refractivity contribution in [3.63, 3.8) is 0 Å². The summed E-state index contributed by atoms with van der Waals surface area (Å²) in [5.41, 5.74) is 0.656. The SMILES string of the molecule is CCOc1ccc(S(=O)(=O)c2nc(-c3ccc(OC)cc3)oc2N2CCOCC2)cc1. The van der Waals surface area contributed by atoms with E-state index >= 15 is 0 Å². The summed E-state index contributed by atoms with van der Waals surface area (Å²) in [6.07, 6.45) is 0. The lowest BCUT2D eigenvalue weighted by molar-refractivity contribution is 0.120. The molecule has 2 aromatic carbocycles. The van der Waals surface area contributed by atoms with E-state index in [4.69, 9.17) is 18.6 Å². The van der Waals surface area contributed by atoms with Gasteiger partial charge in [-0.3, -0.25) is 0 Å². The fourth-order valence-corrected chi connectivity index (χ4v) is 4.61. The molecule has 8 nitrogen and oxygen atoms in total. The molecule has 3 aromatic rings. The second-order valence-electron chi connectivity index (χ2n) is 6.87. The Morgan fingerprint density at radius 3 is 2.26 bits per heavy atom. The Bertz CT molecular complexity index is 1120. The van der Waals surface area contributed by atoms with Gasteiger partial charge in [-0.1, -0.05) is 0 Å². The van der Waals surface area contributed by atoms with E-state index in [0.29, 0.717) is 50.0 Å². The Morgan fingerprint density at radius 1 is 1.00 bits per heavy atom. The van der Waals surface area contributed by atoms with Crippen molar-refractivity contribution in [2.24, 2.45) is 0 Å². The quantitative estimate of drug-likeness (QED) is 0.548. The molecule has 4 rings (SSSR count). The summed E-state index contributed by atoms with van der Waals surface area (Å²) in [4.78, 5) is 6.39. The first-order valence-electron chi connectivity index (χ1n) is 9.99. The van der Waals surface area contributed by atoms with Gasteiger partial charge in [0.25, 0.3) is 0 Å². The Kier molecular flexibility index (Phi) is 6.15. The van der Waals surface area contributed by atoms with Gasteiger partial charge in [-0.15, -0.1) is 0 Å². The molecule has 164 valence electrons. The monoisotopic (exact) mass is 444 g/mol.